The zero-order chi connectivity index (χ0) is 13.0. The van der Waals surface area contributed by atoms with Crippen molar-refractivity contribution >= 4 is 11.4 Å². The van der Waals surface area contributed by atoms with Crippen LogP contribution in [0, 0.1) is 11.3 Å². The molecular weight excluding hydrogens is 241 g/mol. The minimum Gasteiger partial charge on any atom is -0.598 e. The van der Waals surface area contributed by atoms with Gasteiger partial charge in [0.1, 0.15) is 10.8 Å². The second-order valence-corrected chi connectivity index (χ2v) is 6.29. The monoisotopic (exact) mass is 256 g/mol. The molecule has 0 amide bonds. The highest BCUT2D eigenvalue weighted by Crippen LogP contribution is 2.26. The Bertz CT molecular complexity index is 257. The predicted molar refractivity (Wildman–Crippen MR) is 55.7 cm³/mol. The Balaban J connectivity index is 4.51. The first kappa shape index (κ1) is 15.6. The van der Waals surface area contributed by atoms with E-state index in [2.05, 4.69) is 0 Å². The number of rotatable bonds is 4. The molecule has 7 heteroatoms. The molecule has 0 aliphatic carbocycles. The van der Waals surface area contributed by atoms with Gasteiger partial charge in [0.25, 0.3) is 0 Å². The summed E-state index contributed by atoms with van der Waals surface area (Å²) in [6.07, 6.45) is -5.10. The van der Waals surface area contributed by atoms with Gasteiger partial charge in [-0.15, -0.1) is 4.72 Å². The van der Waals surface area contributed by atoms with Gasteiger partial charge >= 0.3 is 6.18 Å². The van der Waals surface area contributed by atoms with Crippen molar-refractivity contribution in [3.63, 3.8) is 0 Å². The topological polar surface area (TPSA) is 58.9 Å². The molecule has 0 aromatic heterocycles. The quantitative estimate of drug-likeness (QED) is 0.785. The number of nitriles is 1. The number of hydrogen-bond acceptors (Lipinski definition) is 3. The Hall–Kier alpha value is -0.450. The number of hydrogen-bond donors (Lipinski definition) is 1. The predicted octanol–water partition coefficient (Wildman–Crippen LogP) is 2.27. The van der Waals surface area contributed by atoms with Crippen LogP contribution in [0.1, 0.15) is 33.6 Å². The zero-order valence-corrected chi connectivity index (χ0v) is 10.2. The van der Waals surface area contributed by atoms with Gasteiger partial charge < -0.3 is 4.55 Å². The average Bonchev–Trinajstić information content (AvgIpc) is 2.08. The second kappa shape index (κ2) is 5.75. The fourth-order valence-electron chi connectivity index (χ4n) is 0.804. The van der Waals surface area contributed by atoms with Gasteiger partial charge in [0.05, 0.1) is 6.07 Å². The molecule has 0 saturated heterocycles. The average molecular weight is 256 g/mol. The first-order chi connectivity index (χ1) is 7.09. The fraction of sp³-hybridized carbons (Fsp3) is 0.889. The molecule has 0 rings (SSSR count). The van der Waals surface area contributed by atoms with Crippen molar-refractivity contribution in [2.75, 3.05) is 0 Å². The van der Waals surface area contributed by atoms with E-state index in [0.29, 0.717) is 0 Å². The van der Waals surface area contributed by atoms with Crippen molar-refractivity contribution < 1.29 is 17.7 Å². The molecule has 0 spiro atoms. The van der Waals surface area contributed by atoms with E-state index in [1.54, 1.807) is 26.8 Å². The summed E-state index contributed by atoms with van der Waals surface area (Å²) in [5, 5.41) is 8.25. The van der Waals surface area contributed by atoms with Crippen LogP contribution in [-0.4, -0.2) is 21.5 Å². The lowest BCUT2D eigenvalue weighted by Gasteiger charge is -2.28. The highest BCUT2D eigenvalue weighted by molar-refractivity contribution is 7.90. The minimum atomic E-state index is -4.49. The van der Waals surface area contributed by atoms with Crippen molar-refractivity contribution in [2.45, 2.75) is 50.6 Å². The van der Waals surface area contributed by atoms with Gasteiger partial charge in [-0.05, 0) is 27.2 Å². The molecule has 0 aromatic carbocycles. The molecule has 2 atom stereocenters. The van der Waals surface area contributed by atoms with Gasteiger partial charge in [-0.1, -0.05) is 0 Å². The maximum absolute atomic E-state index is 12.5. The van der Waals surface area contributed by atoms with E-state index in [-0.39, 0.29) is 12.8 Å². The minimum absolute atomic E-state index is 0.224. The molecule has 2 unspecified atom stereocenters. The summed E-state index contributed by atoms with van der Waals surface area (Å²) in [4.78, 5) is 0. The van der Waals surface area contributed by atoms with E-state index < -0.39 is 28.3 Å². The van der Waals surface area contributed by atoms with Crippen LogP contribution in [-0.2, 0) is 11.4 Å². The normalized spacial score (nSPS) is 16.6. The SMILES string of the molecule is CC(C)(C)[S+]([O-])NC(CCC#N)C(F)(F)F. The third kappa shape index (κ3) is 5.58. The fourth-order valence-corrected chi connectivity index (χ4v) is 1.67. The molecule has 0 heterocycles. The number of alkyl halides is 3. The Labute approximate surface area is 96.3 Å². The van der Waals surface area contributed by atoms with E-state index in [0.717, 1.165) is 0 Å². The van der Waals surface area contributed by atoms with Gasteiger partial charge in [-0.3, -0.25) is 0 Å². The Morgan fingerprint density at radius 2 is 1.88 bits per heavy atom. The highest BCUT2D eigenvalue weighted by Gasteiger charge is 2.44. The molecule has 1 N–H and O–H groups in total. The van der Waals surface area contributed by atoms with E-state index in [1.165, 1.54) is 0 Å². The van der Waals surface area contributed by atoms with Crippen molar-refractivity contribution in [3.05, 3.63) is 0 Å². The molecule has 0 bridgehead atoms. The Morgan fingerprint density at radius 1 is 1.38 bits per heavy atom. The molecule has 0 aromatic rings. The second-order valence-electron chi connectivity index (χ2n) is 4.29. The molecule has 0 aliphatic heterocycles. The number of nitrogens with one attached hydrogen (secondary N) is 1. The summed E-state index contributed by atoms with van der Waals surface area (Å²) in [6, 6.07) is -0.253. The van der Waals surface area contributed by atoms with Gasteiger partial charge in [0, 0.05) is 17.8 Å². The third-order valence-corrected chi connectivity index (χ3v) is 3.36. The van der Waals surface area contributed by atoms with Gasteiger partial charge in [-0.25, -0.2) is 0 Å². The van der Waals surface area contributed by atoms with Gasteiger partial charge in [0.2, 0.25) is 0 Å². The van der Waals surface area contributed by atoms with Crippen LogP contribution in [0.5, 0.6) is 0 Å². The summed E-state index contributed by atoms with van der Waals surface area (Å²) >= 11 is -1.80. The maximum Gasteiger partial charge on any atom is 0.408 e. The van der Waals surface area contributed by atoms with Gasteiger partial charge in [-0.2, -0.15) is 18.4 Å². The summed E-state index contributed by atoms with van der Waals surface area (Å²) in [5.41, 5.74) is 0. The molecule has 3 nitrogen and oxygen atoms in total. The molecule has 0 saturated carbocycles. The first-order valence-electron chi connectivity index (χ1n) is 4.70. The largest absolute Gasteiger partial charge is 0.598 e. The molecule has 0 radical (unpaired) electrons. The van der Waals surface area contributed by atoms with Crippen LogP contribution >= 0.6 is 0 Å². The van der Waals surface area contributed by atoms with Crippen LogP contribution in [0.4, 0.5) is 13.2 Å². The lowest BCUT2D eigenvalue weighted by molar-refractivity contribution is -0.152. The van der Waals surface area contributed by atoms with Crippen molar-refractivity contribution in [2.24, 2.45) is 0 Å². The number of nitrogens with zero attached hydrogens (tertiary/aromatic N) is 1. The van der Waals surface area contributed by atoms with Crippen LogP contribution in [0.15, 0.2) is 0 Å². The highest BCUT2D eigenvalue weighted by atomic mass is 32.2. The summed E-state index contributed by atoms with van der Waals surface area (Å²) in [7, 11) is 0. The zero-order valence-electron chi connectivity index (χ0n) is 9.39. The van der Waals surface area contributed by atoms with E-state index in [9.17, 15) is 17.7 Å². The third-order valence-electron chi connectivity index (χ3n) is 1.75. The first-order valence-corrected chi connectivity index (χ1v) is 5.85. The standard InChI is InChI=1S/C9H15F3N2OS/c1-8(2,3)16(15)14-7(5-4-6-13)9(10,11)12/h7,14H,4-5H2,1-3H3. The summed E-state index contributed by atoms with van der Waals surface area (Å²) in [5.74, 6) is 0. The van der Waals surface area contributed by atoms with Crippen LogP contribution in [0.2, 0.25) is 0 Å². The lowest BCUT2D eigenvalue weighted by atomic mass is 10.2. The molecular formula is C9H15F3N2OS. The van der Waals surface area contributed by atoms with Gasteiger partial charge in [0.15, 0.2) is 0 Å². The van der Waals surface area contributed by atoms with Crippen LogP contribution < -0.4 is 4.72 Å². The van der Waals surface area contributed by atoms with E-state index >= 15 is 0 Å². The van der Waals surface area contributed by atoms with Crippen LogP contribution in [0.25, 0.3) is 0 Å². The molecule has 0 fully saturated rings. The Kier molecular flexibility index (Phi) is 5.59. The van der Waals surface area contributed by atoms with Crippen molar-refractivity contribution in [3.8, 4) is 6.07 Å². The molecule has 0 aliphatic rings. The summed E-state index contributed by atoms with van der Waals surface area (Å²) in [6.45, 7) is 4.73. The van der Waals surface area contributed by atoms with Crippen molar-refractivity contribution in [1.82, 2.24) is 4.72 Å². The van der Waals surface area contributed by atoms with Crippen LogP contribution in [0.3, 0.4) is 0 Å². The summed E-state index contributed by atoms with van der Waals surface area (Å²) < 4.78 is 50.2. The number of halogens is 3. The smallest absolute Gasteiger partial charge is 0.408 e. The van der Waals surface area contributed by atoms with Crippen molar-refractivity contribution in [1.29, 1.82) is 5.26 Å². The lowest BCUT2D eigenvalue weighted by Crippen LogP contribution is -2.50. The maximum atomic E-state index is 12.5. The van der Waals surface area contributed by atoms with E-state index in [1.807, 2.05) is 4.72 Å². The molecule has 16 heavy (non-hydrogen) atoms. The molecule has 94 valence electrons. The Morgan fingerprint density at radius 3 is 2.19 bits per heavy atom. The van der Waals surface area contributed by atoms with E-state index in [4.69, 9.17) is 5.26 Å².